The first-order chi connectivity index (χ1) is 8.22. The van der Waals surface area contributed by atoms with Crippen molar-refractivity contribution in [2.24, 2.45) is 5.73 Å². The average molecular weight is 298 g/mol. The number of nitrogens with zero attached hydrogens (tertiary/aromatic N) is 2. The minimum absolute atomic E-state index is 0.247. The fourth-order valence-corrected chi connectivity index (χ4v) is 2.09. The molecule has 0 aliphatic rings. The largest absolute Gasteiger partial charge is 0.330 e. The molecule has 0 aliphatic heterocycles. The number of imidazole rings is 1. The van der Waals surface area contributed by atoms with Gasteiger partial charge in [0.2, 0.25) is 0 Å². The molecule has 0 atom stereocenters. The summed E-state index contributed by atoms with van der Waals surface area (Å²) in [5.41, 5.74) is 6.40. The van der Waals surface area contributed by atoms with Crippen molar-refractivity contribution >= 4 is 15.9 Å². The summed E-state index contributed by atoms with van der Waals surface area (Å²) >= 11 is 3.26. The van der Waals surface area contributed by atoms with Gasteiger partial charge < -0.3 is 10.3 Å². The van der Waals surface area contributed by atoms with Crippen molar-refractivity contribution in [2.45, 2.75) is 13.0 Å². The Bertz CT molecular complexity index is 510. The third-order valence-electron chi connectivity index (χ3n) is 2.54. The smallest absolute Gasteiger partial charge is 0.137 e. The van der Waals surface area contributed by atoms with Gasteiger partial charge in [0, 0.05) is 25.4 Å². The van der Waals surface area contributed by atoms with Crippen LogP contribution in [-0.2, 0) is 13.0 Å². The lowest BCUT2D eigenvalue weighted by molar-refractivity contribution is 0.614. The summed E-state index contributed by atoms with van der Waals surface area (Å²) < 4.78 is 15.9. The molecule has 90 valence electrons. The molecule has 0 spiro atoms. The molecule has 0 unspecified atom stereocenters. The molecule has 5 heteroatoms. The van der Waals surface area contributed by atoms with Crippen LogP contribution in [0.25, 0.3) is 0 Å². The maximum Gasteiger partial charge on any atom is 0.137 e. The van der Waals surface area contributed by atoms with Crippen LogP contribution in [0, 0.1) is 5.82 Å². The Morgan fingerprint density at radius 2 is 2.24 bits per heavy atom. The molecular weight excluding hydrogens is 285 g/mol. The molecule has 2 rings (SSSR count). The molecule has 2 N–H and O–H groups in total. The number of benzene rings is 1. The first-order valence-corrected chi connectivity index (χ1v) is 6.14. The first kappa shape index (κ1) is 12.3. The topological polar surface area (TPSA) is 43.8 Å². The Kier molecular flexibility index (Phi) is 3.91. The summed E-state index contributed by atoms with van der Waals surface area (Å²) in [4.78, 5) is 4.23. The molecule has 17 heavy (non-hydrogen) atoms. The van der Waals surface area contributed by atoms with E-state index in [2.05, 4.69) is 20.9 Å². The third-order valence-corrected chi connectivity index (χ3v) is 3.43. The summed E-state index contributed by atoms with van der Waals surface area (Å²) in [7, 11) is 0. The highest BCUT2D eigenvalue weighted by Crippen LogP contribution is 2.21. The Hall–Kier alpha value is -1.20. The molecule has 0 bridgehead atoms. The van der Waals surface area contributed by atoms with Crippen molar-refractivity contribution in [1.82, 2.24) is 9.55 Å². The van der Waals surface area contributed by atoms with Gasteiger partial charge in [-0.3, -0.25) is 0 Å². The number of hydrogen-bond acceptors (Lipinski definition) is 2. The van der Waals surface area contributed by atoms with Crippen LogP contribution in [0.5, 0.6) is 0 Å². The lowest BCUT2D eigenvalue weighted by atomic mass is 10.2. The van der Waals surface area contributed by atoms with E-state index in [1.165, 1.54) is 6.07 Å². The van der Waals surface area contributed by atoms with Crippen molar-refractivity contribution in [2.75, 3.05) is 6.54 Å². The molecular formula is C12H13BrFN3. The zero-order valence-electron chi connectivity index (χ0n) is 9.24. The van der Waals surface area contributed by atoms with Gasteiger partial charge in [-0.1, -0.05) is 12.1 Å². The van der Waals surface area contributed by atoms with Crippen LogP contribution in [0.15, 0.2) is 35.1 Å². The van der Waals surface area contributed by atoms with Gasteiger partial charge in [-0.2, -0.15) is 0 Å². The van der Waals surface area contributed by atoms with Crippen LogP contribution in [0.1, 0.15) is 11.4 Å². The van der Waals surface area contributed by atoms with Crippen LogP contribution in [-0.4, -0.2) is 16.1 Å². The maximum absolute atomic E-state index is 13.4. The Labute approximate surface area is 108 Å². The van der Waals surface area contributed by atoms with E-state index in [0.717, 1.165) is 17.8 Å². The van der Waals surface area contributed by atoms with E-state index in [0.29, 0.717) is 17.6 Å². The quantitative estimate of drug-likeness (QED) is 0.941. The van der Waals surface area contributed by atoms with E-state index < -0.39 is 0 Å². The predicted molar refractivity (Wildman–Crippen MR) is 68.2 cm³/mol. The van der Waals surface area contributed by atoms with Gasteiger partial charge in [0.05, 0.1) is 4.47 Å². The van der Waals surface area contributed by atoms with Crippen molar-refractivity contribution in [3.8, 4) is 0 Å². The van der Waals surface area contributed by atoms with E-state index in [-0.39, 0.29) is 5.82 Å². The summed E-state index contributed by atoms with van der Waals surface area (Å²) in [5, 5.41) is 0. The molecule has 1 aromatic carbocycles. The van der Waals surface area contributed by atoms with E-state index in [4.69, 9.17) is 5.73 Å². The van der Waals surface area contributed by atoms with Gasteiger partial charge in [0.1, 0.15) is 11.6 Å². The molecule has 0 amide bonds. The van der Waals surface area contributed by atoms with Crippen molar-refractivity contribution in [1.29, 1.82) is 0 Å². The minimum Gasteiger partial charge on any atom is -0.330 e. The predicted octanol–water partition coefficient (Wildman–Crippen LogP) is 2.33. The fraction of sp³-hybridized carbons (Fsp3) is 0.250. The zero-order valence-corrected chi connectivity index (χ0v) is 10.8. The standard InChI is InChI=1S/C12H13BrFN3/c13-12-9(2-1-3-10(12)14)8-17-7-6-16-11(17)4-5-15/h1-3,6-7H,4-5,8,15H2. The molecule has 0 aliphatic carbocycles. The Morgan fingerprint density at radius 3 is 3.00 bits per heavy atom. The second-order valence-electron chi connectivity index (χ2n) is 3.72. The Balaban J connectivity index is 2.25. The number of nitrogens with two attached hydrogens (primary N) is 1. The van der Waals surface area contributed by atoms with Gasteiger partial charge >= 0.3 is 0 Å². The molecule has 3 nitrogen and oxygen atoms in total. The second kappa shape index (κ2) is 5.42. The van der Waals surface area contributed by atoms with Gasteiger partial charge in [0.25, 0.3) is 0 Å². The monoisotopic (exact) mass is 297 g/mol. The van der Waals surface area contributed by atoms with Crippen molar-refractivity contribution in [3.63, 3.8) is 0 Å². The summed E-state index contributed by atoms with van der Waals surface area (Å²) in [6, 6.07) is 5.02. The van der Waals surface area contributed by atoms with E-state index in [9.17, 15) is 4.39 Å². The highest BCUT2D eigenvalue weighted by atomic mass is 79.9. The molecule has 0 saturated carbocycles. The van der Waals surface area contributed by atoms with E-state index >= 15 is 0 Å². The third kappa shape index (κ3) is 2.73. The number of hydrogen-bond donors (Lipinski definition) is 1. The maximum atomic E-state index is 13.4. The SMILES string of the molecule is NCCc1nccn1Cc1cccc(F)c1Br. The number of rotatable bonds is 4. The number of halogens is 2. The first-order valence-electron chi connectivity index (χ1n) is 5.35. The average Bonchev–Trinajstić information content (AvgIpc) is 2.73. The van der Waals surface area contributed by atoms with Crippen molar-refractivity contribution in [3.05, 3.63) is 52.3 Å². The van der Waals surface area contributed by atoms with Crippen LogP contribution in [0.2, 0.25) is 0 Å². The zero-order chi connectivity index (χ0) is 12.3. The molecule has 1 heterocycles. The molecule has 0 fully saturated rings. The fourth-order valence-electron chi connectivity index (χ4n) is 1.70. The highest BCUT2D eigenvalue weighted by molar-refractivity contribution is 9.10. The van der Waals surface area contributed by atoms with Gasteiger partial charge in [-0.05, 0) is 34.1 Å². The van der Waals surface area contributed by atoms with Crippen molar-refractivity contribution < 1.29 is 4.39 Å². The van der Waals surface area contributed by atoms with Crippen LogP contribution < -0.4 is 5.73 Å². The molecule has 1 aromatic heterocycles. The lowest BCUT2D eigenvalue weighted by Crippen LogP contribution is -2.10. The number of aromatic nitrogens is 2. The van der Waals surface area contributed by atoms with Crippen LogP contribution in [0.4, 0.5) is 4.39 Å². The normalized spacial score (nSPS) is 10.8. The summed E-state index contributed by atoms with van der Waals surface area (Å²) in [6.45, 7) is 1.15. The van der Waals surface area contributed by atoms with Gasteiger partial charge in [0.15, 0.2) is 0 Å². The summed E-state index contributed by atoms with van der Waals surface area (Å²) in [5.74, 6) is 0.673. The van der Waals surface area contributed by atoms with E-state index in [1.54, 1.807) is 12.3 Å². The van der Waals surface area contributed by atoms with Gasteiger partial charge in [-0.25, -0.2) is 9.37 Å². The van der Waals surface area contributed by atoms with Gasteiger partial charge in [-0.15, -0.1) is 0 Å². The Morgan fingerprint density at radius 1 is 1.41 bits per heavy atom. The molecule has 0 saturated heterocycles. The van der Waals surface area contributed by atoms with Crippen LogP contribution >= 0.6 is 15.9 Å². The van der Waals surface area contributed by atoms with E-state index in [1.807, 2.05) is 16.8 Å². The summed E-state index contributed by atoms with van der Waals surface area (Å²) in [6.07, 6.45) is 4.33. The minimum atomic E-state index is -0.247. The van der Waals surface area contributed by atoms with Crippen LogP contribution in [0.3, 0.4) is 0 Å². The lowest BCUT2D eigenvalue weighted by Gasteiger charge is -2.09. The second-order valence-corrected chi connectivity index (χ2v) is 4.52. The highest BCUT2D eigenvalue weighted by Gasteiger charge is 2.08. The molecule has 2 aromatic rings. The molecule has 0 radical (unpaired) electrons.